The highest BCUT2D eigenvalue weighted by Gasteiger charge is 2.26. The SMILES string of the molecule is COc1cc(NC2CCN(C(=O)[C@@H](N)CC(C)C)CC2)cc(OC)c1.Cl.Cl. The van der Waals surface area contributed by atoms with Crippen LogP contribution < -0.4 is 20.5 Å². The second kappa shape index (κ2) is 12.2. The Bertz CT molecular complexity index is 557. The van der Waals surface area contributed by atoms with E-state index in [1.807, 2.05) is 23.1 Å². The summed E-state index contributed by atoms with van der Waals surface area (Å²) >= 11 is 0. The van der Waals surface area contributed by atoms with Gasteiger partial charge < -0.3 is 25.4 Å². The van der Waals surface area contributed by atoms with Crippen LogP contribution in [0, 0.1) is 5.92 Å². The van der Waals surface area contributed by atoms with Gasteiger partial charge in [0.15, 0.2) is 0 Å². The van der Waals surface area contributed by atoms with Crippen molar-refractivity contribution in [1.82, 2.24) is 4.90 Å². The van der Waals surface area contributed by atoms with Crippen molar-refractivity contribution >= 4 is 36.4 Å². The van der Waals surface area contributed by atoms with Crippen molar-refractivity contribution in [3.05, 3.63) is 18.2 Å². The first-order valence-electron chi connectivity index (χ1n) is 8.97. The van der Waals surface area contributed by atoms with Crippen molar-refractivity contribution in [1.29, 1.82) is 0 Å². The zero-order valence-electron chi connectivity index (χ0n) is 16.6. The lowest BCUT2D eigenvalue weighted by Gasteiger charge is -2.34. The van der Waals surface area contributed by atoms with Crippen LogP contribution in [-0.2, 0) is 4.79 Å². The van der Waals surface area contributed by atoms with E-state index in [1.54, 1.807) is 14.2 Å². The van der Waals surface area contributed by atoms with Crippen molar-refractivity contribution in [3.8, 4) is 11.5 Å². The highest BCUT2D eigenvalue weighted by molar-refractivity contribution is 5.85. The number of likely N-dealkylation sites (tertiary alicyclic amines) is 1. The van der Waals surface area contributed by atoms with Crippen LogP contribution in [0.2, 0.25) is 0 Å². The van der Waals surface area contributed by atoms with Crippen LogP contribution in [0.4, 0.5) is 5.69 Å². The fourth-order valence-corrected chi connectivity index (χ4v) is 3.21. The van der Waals surface area contributed by atoms with Crippen LogP contribution in [0.3, 0.4) is 0 Å². The van der Waals surface area contributed by atoms with Crippen LogP contribution >= 0.6 is 24.8 Å². The normalized spacial score (nSPS) is 15.4. The molecule has 1 aromatic rings. The first-order valence-corrected chi connectivity index (χ1v) is 8.97. The zero-order valence-corrected chi connectivity index (χ0v) is 18.2. The van der Waals surface area contributed by atoms with Gasteiger partial charge >= 0.3 is 0 Å². The molecule has 1 amide bonds. The summed E-state index contributed by atoms with van der Waals surface area (Å²) in [7, 11) is 3.28. The monoisotopic (exact) mass is 421 g/mol. The minimum absolute atomic E-state index is 0. The first kappa shape index (κ1) is 25.6. The van der Waals surface area contributed by atoms with E-state index in [2.05, 4.69) is 19.2 Å². The number of methoxy groups -OCH3 is 2. The minimum atomic E-state index is -0.382. The Morgan fingerprint density at radius 3 is 2.11 bits per heavy atom. The molecule has 1 heterocycles. The second-order valence-corrected chi connectivity index (χ2v) is 7.08. The molecular weight excluding hydrogens is 389 g/mol. The predicted molar refractivity (Wildman–Crippen MR) is 115 cm³/mol. The summed E-state index contributed by atoms with van der Waals surface area (Å²) in [6.07, 6.45) is 2.54. The molecule has 0 unspecified atom stereocenters. The van der Waals surface area contributed by atoms with Crippen LogP contribution in [0.25, 0.3) is 0 Å². The smallest absolute Gasteiger partial charge is 0.239 e. The van der Waals surface area contributed by atoms with E-state index in [0.29, 0.717) is 12.0 Å². The van der Waals surface area contributed by atoms with E-state index in [4.69, 9.17) is 15.2 Å². The molecule has 0 bridgehead atoms. The summed E-state index contributed by atoms with van der Waals surface area (Å²) in [5.74, 6) is 2.03. The number of hydrogen-bond acceptors (Lipinski definition) is 5. The number of nitrogens with one attached hydrogen (secondary N) is 1. The van der Waals surface area contributed by atoms with Crippen LogP contribution in [0.15, 0.2) is 18.2 Å². The Balaban J connectivity index is 0.00000338. The predicted octanol–water partition coefficient (Wildman–Crippen LogP) is 3.32. The van der Waals surface area contributed by atoms with Gasteiger partial charge in [-0.3, -0.25) is 4.79 Å². The Kier molecular flexibility index (Phi) is 11.5. The fourth-order valence-electron chi connectivity index (χ4n) is 3.21. The third-order valence-electron chi connectivity index (χ3n) is 4.57. The van der Waals surface area contributed by atoms with E-state index < -0.39 is 0 Å². The summed E-state index contributed by atoms with van der Waals surface area (Å²) in [5, 5.41) is 3.52. The Hall–Kier alpha value is -1.37. The Labute approximate surface area is 175 Å². The lowest BCUT2D eigenvalue weighted by molar-refractivity contribution is -0.133. The number of halogens is 2. The van der Waals surface area contributed by atoms with E-state index in [0.717, 1.165) is 49.5 Å². The molecule has 0 spiro atoms. The van der Waals surface area contributed by atoms with Crippen molar-refractivity contribution in [2.75, 3.05) is 32.6 Å². The average Bonchev–Trinajstić information content (AvgIpc) is 2.60. The van der Waals surface area contributed by atoms with E-state index in [1.165, 1.54) is 0 Å². The lowest BCUT2D eigenvalue weighted by atomic mass is 10.0. The minimum Gasteiger partial charge on any atom is -0.497 e. The third kappa shape index (κ3) is 7.64. The summed E-state index contributed by atoms with van der Waals surface area (Å²) in [5.41, 5.74) is 7.01. The van der Waals surface area contributed by atoms with Crippen molar-refractivity contribution in [2.45, 2.75) is 45.2 Å². The van der Waals surface area contributed by atoms with Crippen molar-refractivity contribution in [2.24, 2.45) is 11.7 Å². The van der Waals surface area contributed by atoms with Gasteiger partial charge in [-0.05, 0) is 25.2 Å². The number of rotatable bonds is 7. The third-order valence-corrected chi connectivity index (χ3v) is 4.57. The number of benzene rings is 1. The zero-order chi connectivity index (χ0) is 18.4. The van der Waals surface area contributed by atoms with Gasteiger partial charge in [0.25, 0.3) is 0 Å². The molecule has 1 saturated heterocycles. The quantitative estimate of drug-likeness (QED) is 0.705. The molecule has 1 aromatic carbocycles. The molecule has 0 aliphatic carbocycles. The molecule has 156 valence electrons. The number of carbonyl (C=O) groups excluding carboxylic acids is 1. The number of ether oxygens (including phenoxy) is 2. The van der Waals surface area contributed by atoms with Gasteiger partial charge in [-0.2, -0.15) is 0 Å². The topological polar surface area (TPSA) is 76.8 Å². The van der Waals surface area contributed by atoms with E-state index in [9.17, 15) is 4.79 Å². The van der Waals surface area contributed by atoms with Gasteiger partial charge in [0.1, 0.15) is 11.5 Å². The van der Waals surface area contributed by atoms with Crippen LogP contribution in [-0.4, -0.2) is 50.2 Å². The molecule has 1 fully saturated rings. The summed E-state index contributed by atoms with van der Waals surface area (Å²) in [4.78, 5) is 14.3. The van der Waals surface area contributed by atoms with Crippen molar-refractivity contribution < 1.29 is 14.3 Å². The number of nitrogens with zero attached hydrogens (tertiary/aromatic N) is 1. The molecule has 1 aliphatic heterocycles. The Morgan fingerprint density at radius 2 is 1.67 bits per heavy atom. The number of piperidine rings is 1. The summed E-state index contributed by atoms with van der Waals surface area (Å²) in [6.45, 7) is 5.66. The highest BCUT2D eigenvalue weighted by atomic mass is 35.5. The highest BCUT2D eigenvalue weighted by Crippen LogP contribution is 2.27. The molecular formula is C19H33Cl2N3O3. The van der Waals surface area contributed by atoms with Gasteiger partial charge in [0, 0.05) is 43.0 Å². The average molecular weight is 422 g/mol. The van der Waals surface area contributed by atoms with Crippen LogP contribution in [0.1, 0.15) is 33.1 Å². The van der Waals surface area contributed by atoms with Gasteiger partial charge in [0.05, 0.1) is 20.3 Å². The largest absolute Gasteiger partial charge is 0.497 e. The number of nitrogens with two attached hydrogens (primary N) is 1. The molecule has 27 heavy (non-hydrogen) atoms. The molecule has 6 nitrogen and oxygen atoms in total. The lowest BCUT2D eigenvalue weighted by Crippen LogP contribution is -2.49. The van der Waals surface area contributed by atoms with Gasteiger partial charge in [-0.25, -0.2) is 0 Å². The molecule has 2 rings (SSSR count). The van der Waals surface area contributed by atoms with Crippen molar-refractivity contribution in [3.63, 3.8) is 0 Å². The molecule has 3 N–H and O–H groups in total. The number of carbonyl (C=O) groups is 1. The number of amides is 1. The maximum Gasteiger partial charge on any atom is 0.239 e. The number of hydrogen-bond donors (Lipinski definition) is 2. The van der Waals surface area contributed by atoms with Gasteiger partial charge in [-0.15, -0.1) is 24.8 Å². The maximum atomic E-state index is 12.4. The molecule has 1 aliphatic rings. The Morgan fingerprint density at radius 1 is 1.15 bits per heavy atom. The van der Waals surface area contributed by atoms with Gasteiger partial charge in [0.2, 0.25) is 5.91 Å². The maximum absolute atomic E-state index is 12.4. The first-order chi connectivity index (χ1) is 11.9. The number of anilines is 1. The molecule has 1 atom stereocenters. The standard InChI is InChI=1S/C19H31N3O3.2ClH/c1-13(2)9-18(20)19(23)22-7-5-14(6-8-22)21-15-10-16(24-3)12-17(11-15)25-4;;/h10-14,18,21H,5-9,20H2,1-4H3;2*1H/t18-;;/m0../s1. The second-order valence-electron chi connectivity index (χ2n) is 7.08. The summed E-state index contributed by atoms with van der Waals surface area (Å²) in [6, 6.07) is 5.70. The molecule has 8 heteroatoms. The molecule has 0 aromatic heterocycles. The van der Waals surface area contributed by atoms with Crippen LogP contribution in [0.5, 0.6) is 11.5 Å². The fraction of sp³-hybridized carbons (Fsp3) is 0.632. The van der Waals surface area contributed by atoms with Gasteiger partial charge in [-0.1, -0.05) is 13.8 Å². The summed E-state index contributed by atoms with van der Waals surface area (Å²) < 4.78 is 10.6. The van der Waals surface area contributed by atoms with E-state index in [-0.39, 0.29) is 36.8 Å². The van der Waals surface area contributed by atoms with E-state index >= 15 is 0 Å². The molecule has 0 radical (unpaired) electrons. The molecule has 0 saturated carbocycles.